The number of fused-ring (bicyclic) bond motifs is 1. The number of allylic oxidation sites excluding steroid dienone is 1. The molecule has 0 bridgehead atoms. The van der Waals surface area contributed by atoms with E-state index in [1.807, 2.05) is 36.4 Å². The average molecular weight is 264 g/mol. The summed E-state index contributed by atoms with van der Waals surface area (Å²) in [5.41, 5.74) is 3.18. The molecular weight excluding hydrogens is 251 g/mol. The average Bonchev–Trinajstić information content (AvgIpc) is 2.88. The van der Waals surface area contributed by atoms with Gasteiger partial charge in [-0.3, -0.25) is 4.79 Å². The van der Waals surface area contributed by atoms with Gasteiger partial charge in [0.05, 0.1) is 6.61 Å². The number of benzene rings is 2. The Labute approximate surface area is 117 Å². The molecule has 0 aliphatic carbocycles. The van der Waals surface area contributed by atoms with E-state index in [0.717, 1.165) is 16.6 Å². The smallest absolute Gasteiger partial charge is 0.423 e. The molecule has 0 aromatic heterocycles. The molecule has 4 heteroatoms. The van der Waals surface area contributed by atoms with E-state index in [1.165, 1.54) is 6.08 Å². The lowest BCUT2D eigenvalue weighted by Gasteiger charge is -2.03. The zero-order valence-corrected chi connectivity index (χ0v) is 10.8. The lowest BCUT2D eigenvalue weighted by atomic mass is 9.76. The first kappa shape index (κ1) is 12.8. The quantitative estimate of drug-likeness (QED) is 0.522. The van der Waals surface area contributed by atoms with E-state index in [-0.39, 0.29) is 5.78 Å². The van der Waals surface area contributed by atoms with Gasteiger partial charge >= 0.3 is 7.12 Å². The monoisotopic (exact) mass is 264 g/mol. The molecule has 0 amide bonds. The van der Waals surface area contributed by atoms with Gasteiger partial charge in [0, 0.05) is 5.56 Å². The van der Waals surface area contributed by atoms with E-state index in [1.54, 1.807) is 18.2 Å². The van der Waals surface area contributed by atoms with Crippen LogP contribution in [0.4, 0.5) is 0 Å². The van der Waals surface area contributed by atoms with Gasteiger partial charge in [-0.1, -0.05) is 54.6 Å². The second-order valence-electron chi connectivity index (χ2n) is 4.65. The van der Waals surface area contributed by atoms with Crippen molar-refractivity contribution in [1.82, 2.24) is 0 Å². The van der Waals surface area contributed by atoms with Gasteiger partial charge in [0.25, 0.3) is 0 Å². The summed E-state index contributed by atoms with van der Waals surface area (Å²) in [5, 5.41) is 9.80. The van der Waals surface area contributed by atoms with Crippen molar-refractivity contribution in [2.45, 2.75) is 6.61 Å². The molecule has 0 unspecified atom stereocenters. The Morgan fingerprint density at radius 2 is 1.95 bits per heavy atom. The van der Waals surface area contributed by atoms with Gasteiger partial charge < -0.3 is 9.68 Å². The van der Waals surface area contributed by atoms with Crippen molar-refractivity contribution >= 4 is 24.4 Å². The highest BCUT2D eigenvalue weighted by Gasteiger charge is 2.28. The van der Waals surface area contributed by atoms with Crippen LogP contribution in [0.25, 0.3) is 6.08 Å². The summed E-state index contributed by atoms with van der Waals surface area (Å²) in [6.07, 6.45) is 3.25. The SMILES string of the molecule is O=C(/C=C/c1cccc2c1B(O)OC2)c1ccccc1. The van der Waals surface area contributed by atoms with Crippen LogP contribution in [0, 0.1) is 0 Å². The second kappa shape index (κ2) is 5.45. The molecule has 0 spiro atoms. The molecular formula is C16H13BO3. The Morgan fingerprint density at radius 1 is 1.15 bits per heavy atom. The van der Waals surface area contributed by atoms with Gasteiger partial charge in [0.1, 0.15) is 0 Å². The van der Waals surface area contributed by atoms with Crippen LogP contribution < -0.4 is 5.46 Å². The van der Waals surface area contributed by atoms with E-state index in [0.29, 0.717) is 12.2 Å². The maximum absolute atomic E-state index is 12.0. The van der Waals surface area contributed by atoms with Crippen LogP contribution in [0.15, 0.2) is 54.6 Å². The summed E-state index contributed by atoms with van der Waals surface area (Å²) in [7, 11) is -0.905. The predicted octanol–water partition coefficient (Wildman–Crippen LogP) is 1.80. The van der Waals surface area contributed by atoms with Crippen molar-refractivity contribution in [2.24, 2.45) is 0 Å². The Morgan fingerprint density at radius 3 is 2.75 bits per heavy atom. The van der Waals surface area contributed by atoms with E-state index in [4.69, 9.17) is 4.65 Å². The molecule has 1 aliphatic rings. The van der Waals surface area contributed by atoms with Crippen molar-refractivity contribution in [3.8, 4) is 0 Å². The normalized spacial score (nSPS) is 13.8. The molecule has 3 nitrogen and oxygen atoms in total. The van der Waals surface area contributed by atoms with E-state index < -0.39 is 7.12 Å². The van der Waals surface area contributed by atoms with Gasteiger partial charge in [-0.2, -0.15) is 0 Å². The summed E-state index contributed by atoms with van der Waals surface area (Å²) < 4.78 is 5.19. The van der Waals surface area contributed by atoms with Gasteiger partial charge in [-0.25, -0.2) is 0 Å². The molecule has 0 saturated heterocycles. The van der Waals surface area contributed by atoms with Gasteiger partial charge in [0.15, 0.2) is 5.78 Å². The predicted molar refractivity (Wildman–Crippen MR) is 78.6 cm³/mol. The van der Waals surface area contributed by atoms with Crippen molar-refractivity contribution in [3.63, 3.8) is 0 Å². The van der Waals surface area contributed by atoms with Crippen LogP contribution in [0.2, 0.25) is 0 Å². The molecule has 0 atom stereocenters. The third-order valence-corrected chi connectivity index (χ3v) is 3.35. The first-order valence-corrected chi connectivity index (χ1v) is 6.44. The maximum Gasteiger partial charge on any atom is 0.492 e. The zero-order valence-electron chi connectivity index (χ0n) is 10.8. The number of ketones is 1. The fourth-order valence-electron chi connectivity index (χ4n) is 2.32. The van der Waals surface area contributed by atoms with E-state index >= 15 is 0 Å². The van der Waals surface area contributed by atoms with Crippen molar-refractivity contribution in [1.29, 1.82) is 0 Å². The first-order valence-electron chi connectivity index (χ1n) is 6.44. The topological polar surface area (TPSA) is 46.5 Å². The van der Waals surface area contributed by atoms with Gasteiger partial charge in [-0.15, -0.1) is 0 Å². The lowest BCUT2D eigenvalue weighted by molar-refractivity contribution is 0.104. The third-order valence-electron chi connectivity index (χ3n) is 3.35. The summed E-state index contributed by atoms with van der Waals surface area (Å²) in [5.74, 6) is -0.0587. The maximum atomic E-state index is 12.0. The fourth-order valence-corrected chi connectivity index (χ4v) is 2.32. The molecule has 1 N–H and O–H groups in total. The largest absolute Gasteiger partial charge is 0.492 e. The Kier molecular flexibility index (Phi) is 3.50. The number of hydrogen-bond donors (Lipinski definition) is 1. The minimum absolute atomic E-state index is 0.0587. The van der Waals surface area contributed by atoms with Crippen LogP contribution in [0.5, 0.6) is 0 Å². The highest BCUT2D eigenvalue weighted by Crippen LogP contribution is 2.14. The fraction of sp³-hybridized carbons (Fsp3) is 0.0625. The van der Waals surface area contributed by atoms with Crippen LogP contribution in [0.1, 0.15) is 21.5 Å². The summed E-state index contributed by atoms with van der Waals surface area (Å²) >= 11 is 0. The standard InChI is InChI=1S/C16H13BO3/c18-15(12-5-2-1-3-6-12)10-9-13-7-4-8-14-11-20-17(19)16(13)14/h1-10,19H,11H2/b10-9+. The minimum atomic E-state index is -0.905. The van der Waals surface area contributed by atoms with Gasteiger partial charge in [0.2, 0.25) is 0 Å². The highest BCUT2D eigenvalue weighted by molar-refractivity contribution is 6.62. The van der Waals surface area contributed by atoms with Crippen molar-refractivity contribution in [2.75, 3.05) is 0 Å². The van der Waals surface area contributed by atoms with Crippen molar-refractivity contribution in [3.05, 3.63) is 71.3 Å². The molecule has 0 fully saturated rings. The molecule has 1 heterocycles. The van der Waals surface area contributed by atoms with Crippen LogP contribution in [-0.2, 0) is 11.3 Å². The molecule has 2 aromatic rings. The number of carbonyl (C=O) groups is 1. The first-order chi connectivity index (χ1) is 9.75. The molecule has 0 radical (unpaired) electrons. The number of hydrogen-bond acceptors (Lipinski definition) is 3. The molecule has 2 aromatic carbocycles. The number of rotatable bonds is 3. The minimum Gasteiger partial charge on any atom is -0.423 e. The summed E-state index contributed by atoms with van der Waals surface area (Å²) in [4.78, 5) is 12.0. The van der Waals surface area contributed by atoms with Gasteiger partial charge in [-0.05, 0) is 22.7 Å². The second-order valence-corrected chi connectivity index (χ2v) is 4.65. The Bertz CT molecular complexity index is 665. The van der Waals surface area contributed by atoms with Crippen LogP contribution in [-0.4, -0.2) is 17.9 Å². The van der Waals surface area contributed by atoms with Crippen LogP contribution >= 0.6 is 0 Å². The third kappa shape index (κ3) is 2.43. The number of carbonyl (C=O) groups excluding carboxylic acids is 1. The Hall–Kier alpha value is -2.17. The summed E-state index contributed by atoms with van der Waals surface area (Å²) in [6.45, 7) is 0.408. The molecule has 3 rings (SSSR count). The molecule has 98 valence electrons. The van der Waals surface area contributed by atoms with E-state index in [9.17, 15) is 9.82 Å². The zero-order chi connectivity index (χ0) is 13.9. The molecule has 1 aliphatic heterocycles. The highest BCUT2D eigenvalue weighted by atomic mass is 16.5. The Balaban J connectivity index is 1.87. The molecule has 20 heavy (non-hydrogen) atoms. The lowest BCUT2D eigenvalue weighted by Crippen LogP contribution is -2.30. The summed E-state index contributed by atoms with van der Waals surface area (Å²) in [6, 6.07) is 14.8. The van der Waals surface area contributed by atoms with Crippen LogP contribution in [0.3, 0.4) is 0 Å². The van der Waals surface area contributed by atoms with E-state index in [2.05, 4.69) is 0 Å². The van der Waals surface area contributed by atoms with Crippen molar-refractivity contribution < 1.29 is 14.5 Å². The molecule has 0 saturated carbocycles.